The van der Waals surface area contributed by atoms with Crippen LogP contribution in [0.4, 0.5) is 0 Å². The second-order valence-corrected chi connectivity index (χ2v) is 9.73. The van der Waals surface area contributed by atoms with Crippen molar-refractivity contribution in [2.75, 3.05) is 13.7 Å². The SMILES string of the molecule is CO[C@H]1CC[C@@]2(C)C(C1)C[C@H](O)C1C2OC[C@@]2(C)C1CC[C@@H]2OC(C)=O. The van der Waals surface area contributed by atoms with Crippen LogP contribution in [0.5, 0.6) is 0 Å². The van der Waals surface area contributed by atoms with Gasteiger partial charge in [0.15, 0.2) is 0 Å². The summed E-state index contributed by atoms with van der Waals surface area (Å²) < 4.78 is 17.8. The van der Waals surface area contributed by atoms with Crippen LogP contribution in [0.1, 0.15) is 59.3 Å². The first-order valence-electron chi connectivity index (χ1n) is 10.3. The number of hydrogen-bond donors (Lipinski definition) is 1. The van der Waals surface area contributed by atoms with E-state index in [0.29, 0.717) is 24.5 Å². The van der Waals surface area contributed by atoms with Gasteiger partial charge in [0.05, 0.1) is 24.9 Å². The molecule has 1 heterocycles. The van der Waals surface area contributed by atoms with E-state index < -0.39 is 0 Å². The summed E-state index contributed by atoms with van der Waals surface area (Å²) in [5.41, 5.74) is -0.0689. The molecule has 0 radical (unpaired) electrons. The number of hydrogen-bond acceptors (Lipinski definition) is 5. The lowest BCUT2D eigenvalue weighted by molar-refractivity contribution is -0.253. The molecule has 4 unspecified atom stereocenters. The van der Waals surface area contributed by atoms with E-state index in [2.05, 4.69) is 13.8 Å². The summed E-state index contributed by atoms with van der Waals surface area (Å²) in [5.74, 6) is 0.744. The number of rotatable bonds is 2. The summed E-state index contributed by atoms with van der Waals surface area (Å²) in [7, 11) is 1.80. The number of carbonyl (C=O) groups excluding carboxylic acids is 1. The number of ether oxygens (including phenoxy) is 3. The molecule has 0 aromatic heterocycles. The molecule has 0 spiro atoms. The van der Waals surface area contributed by atoms with Crippen molar-refractivity contribution < 1.29 is 24.1 Å². The van der Waals surface area contributed by atoms with Crippen LogP contribution in [0, 0.1) is 28.6 Å². The zero-order chi connectivity index (χ0) is 18.7. The van der Waals surface area contributed by atoms with Gasteiger partial charge in [-0.3, -0.25) is 4.79 Å². The topological polar surface area (TPSA) is 65.0 Å². The van der Waals surface area contributed by atoms with Crippen LogP contribution in [0.25, 0.3) is 0 Å². The zero-order valence-electron chi connectivity index (χ0n) is 16.6. The van der Waals surface area contributed by atoms with E-state index in [1.165, 1.54) is 6.92 Å². The van der Waals surface area contributed by atoms with Gasteiger partial charge in [0.1, 0.15) is 6.10 Å². The smallest absolute Gasteiger partial charge is 0.302 e. The standard InChI is InChI=1S/C21H34O5/c1-12(22)26-17-6-5-15-18-16(23)10-13-9-14(24-4)7-8-20(13,2)19(18)25-11-21(15,17)3/h13-19,23H,5-11H2,1-4H3/t13?,14-,15?,16-,17-,18?,19?,20-,21-/m0/s1. The predicted molar refractivity (Wildman–Crippen MR) is 96.5 cm³/mol. The maximum atomic E-state index is 11.5. The van der Waals surface area contributed by atoms with E-state index >= 15 is 0 Å². The van der Waals surface area contributed by atoms with Crippen LogP contribution in [0.3, 0.4) is 0 Å². The minimum Gasteiger partial charge on any atom is -0.462 e. The Kier molecular flexibility index (Phi) is 4.64. The third-order valence-corrected chi connectivity index (χ3v) is 8.46. The van der Waals surface area contributed by atoms with Crippen LogP contribution in [0.15, 0.2) is 0 Å². The summed E-state index contributed by atoms with van der Waals surface area (Å²) in [6, 6.07) is 0. The van der Waals surface area contributed by atoms with Crippen molar-refractivity contribution in [3.05, 3.63) is 0 Å². The van der Waals surface area contributed by atoms with E-state index in [1.54, 1.807) is 7.11 Å². The largest absolute Gasteiger partial charge is 0.462 e. The molecule has 0 amide bonds. The second kappa shape index (κ2) is 6.46. The second-order valence-electron chi connectivity index (χ2n) is 9.73. The molecule has 26 heavy (non-hydrogen) atoms. The van der Waals surface area contributed by atoms with Crippen LogP contribution in [-0.4, -0.2) is 49.2 Å². The monoisotopic (exact) mass is 366 g/mol. The van der Waals surface area contributed by atoms with E-state index in [0.717, 1.165) is 38.5 Å². The molecule has 5 nitrogen and oxygen atoms in total. The Bertz CT molecular complexity index is 565. The first kappa shape index (κ1) is 18.7. The fourth-order valence-electron chi connectivity index (χ4n) is 6.93. The summed E-state index contributed by atoms with van der Waals surface area (Å²) in [4.78, 5) is 11.5. The summed E-state index contributed by atoms with van der Waals surface area (Å²) in [5, 5.41) is 11.1. The third-order valence-electron chi connectivity index (χ3n) is 8.46. The Morgan fingerprint density at radius 1 is 1.15 bits per heavy atom. The molecule has 1 N–H and O–H groups in total. The highest BCUT2D eigenvalue weighted by Crippen LogP contribution is 2.62. The van der Waals surface area contributed by atoms with Crippen molar-refractivity contribution in [2.24, 2.45) is 28.6 Å². The molecule has 0 aromatic rings. The van der Waals surface area contributed by atoms with Crippen molar-refractivity contribution in [3.8, 4) is 0 Å². The lowest BCUT2D eigenvalue weighted by Gasteiger charge is -2.61. The molecular weight excluding hydrogens is 332 g/mol. The average molecular weight is 366 g/mol. The summed E-state index contributed by atoms with van der Waals surface area (Å²) in [6.45, 7) is 6.67. The molecule has 3 saturated carbocycles. The average Bonchev–Trinajstić information content (AvgIpc) is 2.91. The Morgan fingerprint density at radius 2 is 1.92 bits per heavy atom. The first-order chi connectivity index (χ1) is 12.3. The van der Waals surface area contributed by atoms with E-state index in [1.807, 2.05) is 0 Å². The van der Waals surface area contributed by atoms with Crippen molar-refractivity contribution in [2.45, 2.75) is 83.7 Å². The fourth-order valence-corrected chi connectivity index (χ4v) is 6.93. The normalized spacial score (nSPS) is 53.3. The van der Waals surface area contributed by atoms with Gasteiger partial charge in [0, 0.05) is 25.4 Å². The van der Waals surface area contributed by atoms with Crippen molar-refractivity contribution >= 4 is 5.97 Å². The maximum absolute atomic E-state index is 11.5. The van der Waals surface area contributed by atoms with E-state index in [9.17, 15) is 9.90 Å². The number of carbonyl (C=O) groups is 1. The highest BCUT2D eigenvalue weighted by atomic mass is 16.5. The van der Waals surface area contributed by atoms with Gasteiger partial charge in [-0.15, -0.1) is 0 Å². The molecule has 1 saturated heterocycles. The van der Waals surface area contributed by atoms with Crippen molar-refractivity contribution in [3.63, 3.8) is 0 Å². The zero-order valence-corrected chi connectivity index (χ0v) is 16.6. The van der Waals surface area contributed by atoms with Gasteiger partial charge in [0.25, 0.3) is 0 Å². The predicted octanol–water partition coefficient (Wildman–Crippen LogP) is 2.94. The number of aliphatic hydroxyl groups excluding tert-OH is 1. The quantitative estimate of drug-likeness (QED) is 0.761. The summed E-state index contributed by atoms with van der Waals surface area (Å²) in [6.07, 6.45) is 5.91. The van der Waals surface area contributed by atoms with Gasteiger partial charge >= 0.3 is 5.97 Å². The van der Waals surface area contributed by atoms with Gasteiger partial charge in [0.2, 0.25) is 0 Å². The van der Waals surface area contributed by atoms with Gasteiger partial charge in [-0.05, 0) is 55.8 Å². The highest BCUT2D eigenvalue weighted by molar-refractivity contribution is 5.66. The van der Waals surface area contributed by atoms with Crippen molar-refractivity contribution in [1.29, 1.82) is 0 Å². The summed E-state index contributed by atoms with van der Waals surface area (Å²) >= 11 is 0. The van der Waals surface area contributed by atoms with Crippen LogP contribution < -0.4 is 0 Å². The van der Waals surface area contributed by atoms with Gasteiger partial charge < -0.3 is 19.3 Å². The molecule has 4 rings (SSSR count). The van der Waals surface area contributed by atoms with Crippen LogP contribution >= 0.6 is 0 Å². The molecule has 0 bridgehead atoms. The Labute approximate surface area is 156 Å². The van der Waals surface area contributed by atoms with Gasteiger partial charge in [-0.2, -0.15) is 0 Å². The van der Waals surface area contributed by atoms with Crippen LogP contribution in [0.2, 0.25) is 0 Å². The Hall–Kier alpha value is -0.650. The molecule has 1 aliphatic heterocycles. The molecule has 148 valence electrons. The van der Waals surface area contributed by atoms with E-state index in [4.69, 9.17) is 14.2 Å². The lowest BCUT2D eigenvalue weighted by Crippen LogP contribution is -2.64. The van der Waals surface area contributed by atoms with Gasteiger partial charge in [-0.1, -0.05) is 13.8 Å². The lowest BCUT2D eigenvalue weighted by atomic mass is 9.50. The number of fused-ring (bicyclic) bond motifs is 5. The Balaban J connectivity index is 1.60. The molecule has 5 heteroatoms. The molecule has 9 atom stereocenters. The molecule has 4 fully saturated rings. The van der Waals surface area contributed by atoms with Gasteiger partial charge in [-0.25, -0.2) is 0 Å². The van der Waals surface area contributed by atoms with E-state index in [-0.39, 0.29) is 41.0 Å². The fraction of sp³-hybridized carbons (Fsp3) is 0.952. The Morgan fingerprint density at radius 3 is 2.62 bits per heavy atom. The molecule has 3 aliphatic carbocycles. The molecular formula is C21H34O5. The molecule has 4 aliphatic rings. The molecule has 0 aromatic carbocycles. The number of esters is 1. The van der Waals surface area contributed by atoms with Crippen molar-refractivity contribution in [1.82, 2.24) is 0 Å². The highest BCUT2D eigenvalue weighted by Gasteiger charge is 2.64. The van der Waals surface area contributed by atoms with Crippen LogP contribution in [-0.2, 0) is 19.0 Å². The maximum Gasteiger partial charge on any atom is 0.302 e. The number of methoxy groups -OCH3 is 1. The minimum atomic E-state index is -0.339. The number of aliphatic hydroxyl groups is 1. The first-order valence-corrected chi connectivity index (χ1v) is 10.3. The third kappa shape index (κ3) is 2.65. The minimum absolute atomic E-state index is 0.0899.